The number of hydrogen-bond donors (Lipinski definition) is 0. The molecule has 68 valence electrons. The zero-order valence-electron chi connectivity index (χ0n) is 7.62. The number of hydrogen-bond acceptors (Lipinski definition) is 2. The first kappa shape index (κ1) is 8.05. The van der Waals surface area contributed by atoms with Crippen LogP contribution in [0.5, 0.6) is 0 Å². The molecule has 2 aliphatic heterocycles. The molecule has 0 saturated carbocycles. The van der Waals surface area contributed by atoms with Crippen molar-refractivity contribution in [1.29, 1.82) is 0 Å². The second kappa shape index (κ2) is 3.05. The van der Waals surface area contributed by atoms with Gasteiger partial charge in [0.05, 0.1) is 6.04 Å². The van der Waals surface area contributed by atoms with Crippen LogP contribution in [0.15, 0.2) is 0 Å². The Bertz CT molecular complexity index is 189. The lowest BCUT2D eigenvalue weighted by Gasteiger charge is -2.34. The van der Waals surface area contributed by atoms with Crippen LogP contribution in [-0.2, 0) is 4.79 Å². The van der Waals surface area contributed by atoms with Crippen LogP contribution in [0.25, 0.3) is 0 Å². The summed E-state index contributed by atoms with van der Waals surface area (Å²) in [6.45, 7) is 3.07. The molecule has 12 heavy (non-hydrogen) atoms. The van der Waals surface area contributed by atoms with Crippen LogP contribution in [-0.4, -0.2) is 48.4 Å². The normalized spacial score (nSPS) is 30.4. The average molecular weight is 168 g/mol. The number of rotatable bonds is 1. The van der Waals surface area contributed by atoms with Crippen molar-refractivity contribution >= 4 is 5.91 Å². The van der Waals surface area contributed by atoms with Crippen molar-refractivity contribution < 1.29 is 4.79 Å². The van der Waals surface area contributed by atoms with E-state index < -0.39 is 0 Å². The van der Waals surface area contributed by atoms with E-state index in [0.29, 0.717) is 5.91 Å². The molecule has 2 heterocycles. The predicted molar refractivity (Wildman–Crippen MR) is 46.8 cm³/mol. The van der Waals surface area contributed by atoms with Crippen LogP contribution in [0.1, 0.15) is 19.3 Å². The van der Waals surface area contributed by atoms with E-state index >= 15 is 0 Å². The van der Waals surface area contributed by atoms with Crippen molar-refractivity contribution in [3.8, 4) is 0 Å². The summed E-state index contributed by atoms with van der Waals surface area (Å²) >= 11 is 0. The van der Waals surface area contributed by atoms with E-state index in [-0.39, 0.29) is 6.04 Å². The van der Waals surface area contributed by atoms with Crippen molar-refractivity contribution in [2.24, 2.45) is 0 Å². The number of likely N-dealkylation sites (tertiary alicyclic amines) is 2. The van der Waals surface area contributed by atoms with Crippen LogP contribution in [0.2, 0.25) is 0 Å². The number of likely N-dealkylation sites (N-methyl/N-ethyl adjacent to an activating group) is 1. The molecule has 1 atom stereocenters. The highest BCUT2D eigenvalue weighted by molar-refractivity contribution is 5.82. The topological polar surface area (TPSA) is 23.6 Å². The Hall–Kier alpha value is -0.570. The minimum Gasteiger partial charge on any atom is -0.341 e. The third-order valence-corrected chi connectivity index (χ3v) is 2.97. The van der Waals surface area contributed by atoms with Gasteiger partial charge in [-0.1, -0.05) is 0 Å². The summed E-state index contributed by atoms with van der Waals surface area (Å²) in [5.41, 5.74) is 0. The Balaban J connectivity index is 1.93. The first-order valence-corrected chi connectivity index (χ1v) is 4.78. The molecule has 2 rings (SSSR count). The van der Waals surface area contributed by atoms with Gasteiger partial charge in [0.15, 0.2) is 0 Å². The second-order valence-corrected chi connectivity index (χ2v) is 3.82. The van der Waals surface area contributed by atoms with E-state index in [1.165, 1.54) is 12.8 Å². The van der Waals surface area contributed by atoms with Crippen molar-refractivity contribution in [3.05, 3.63) is 0 Å². The lowest BCUT2D eigenvalue weighted by molar-refractivity contribution is -0.139. The molecular weight excluding hydrogens is 152 g/mol. The number of nitrogens with zero attached hydrogens (tertiary/aromatic N) is 2. The van der Waals surface area contributed by atoms with E-state index in [1.807, 2.05) is 4.90 Å². The first-order valence-electron chi connectivity index (χ1n) is 4.78. The molecule has 3 nitrogen and oxygen atoms in total. The van der Waals surface area contributed by atoms with Crippen LogP contribution in [0, 0.1) is 0 Å². The van der Waals surface area contributed by atoms with Gasteiger partial charge < -0.3 is 4.90 Å². The molecule has 2 fully saturated rings. The smallest absolute Gasteiger partial charge is 0.239 e. The van der Waals surface area contributed by atoms with Crippen molar-refractivity contribution in [2.45, 2.75) is 25.3 Å². The molecule has 0 bridgehead atoms. The molecule has 2 saturated heterocycles. The third kappa shape index (κ3) is 1.22. The number of carbonyl (C=O) groups excluding carboxylic acids is 1. The molecule has 0 N–H and O–H groups in total. The Morgan fingerprint density at radius 1 is 1.25 bits per heavy atom. The lowest BCUT2D eigenvalue weighted by atomic mass is 10.1. The highest BCUT2D eigenvalue weighted by Crippen LogP contribution is 2.19. The maximum atomic E-state index is 11.7. The van der Waals surface area contributed by atoms with Gasteiger partial charge in [-0.3, -0.25) is 9.69 Å². The molecule has 3 heteroatoms. The lowest BCUT2D eigenvalue weighted by Crippen LogP contribution is -2.50. The molecule has 0 aromatic carbocycles. The molecule has 0 spiro atoms. The van der Waals surface area contributed by atoms with Crippen molar-refractivity contribution in [1.82, 2.24) is 9.80 Å². The average Bonchev–Trinajstić information content (AvgIpc) is 2.31. The van der Waals surface area contributed by atoms with Crippen LogP contribution >= 0.6 is 0 Å². The molecule has 1 amide bonds. The van der Waals surface area contributed by atoms with Gasteiger partial charge >= 0.3 is 0 Å². The van der Waals surface area contributed by atoms with Gasteiger partial charge in [0.25, 0.3) is 0 Å². The SMILES string of the molecule is CN1CCCC1C(=O)N1CCC1. The maximum absolute atomic E-state index is 11.7. The molecule has 0 radical (unpaired) electrons. The number of amides is 1. The van der Waals surface area contributed by atoms with Gasteiger partial charge in [-0.05, 0) is 32.9 Å². The van der Waals surface area contributed by atoms with E-state index in [1.54, 1.807) is 0 Å². The standard InChI is InChI=1S/C9H16N2O/c1-10-5-2-4-8(10)9(12)11-6-3-7-11/h8H,2-7H2,1H3. The van der Waals surface area contributed by atoms with E-state index in [0.717, 1.165) is 26.1 Å². The summed E-state index contributed by atoms with van der Waals surface area (Å²) in [6, 6.07) is 0.199. The van der Waals surface area contributed by atoms with Crippen molar-refractivity contribution in [3.63, 3.8) is 0 Å². The van der Waals surface area contributed by atoms with Crippen LogP contribution in [0.4, 0.5) is 0 Å². The van der Waals surface area contributed by atoms with Crippen LogP contribution in [0.3, 0.4) is 0 Å². The van der Waals surface area contributed by atoms with E-state index in [4.69, 9.17) is 0 Å². The molecule has 1 unspecified atom stereocenters. The third-order valence-electron chi connectivity index (χ3n) is 2.97. The van der Waals surface area contributed by atoms with E-state index in [2.05, 4.69) is 11.9 Å². The molecule has 0 aliphatic carbocycles. The fourth-order valence-electron chi connectivity index (χ4n) is 1.97. The van der Waals surface area contributed by atoms with Gasteiger partial charge in [0.1, 0.15) is 0 Å². The minimum atomic E-state index is 0.199. The molecular formula is C9H16N2O. The fraction of sp³-hybridized carbons (Fsp3) is 0.889. The predicted octanol–water partition coefficient (Wildman–Crippen LogP) is 0.313. The Kier molecular flexibility index (Phi) is 2.05. The monoisotopic (exact) mass is 168 g/mol. The molecule has 0 aromatic rings. The van der Waals surface area contributed by atoms with Gasteiger partial charge in [-0.15, -0.1) is 0 Å². The first-order chi connectivity index (χ1) is 5.79. The van der Waals surface area contributed by atoms with Crippen molar-refractivity contribution in [2.75, 3.05) is 26.7 Å². The second-order valence-electron chi connectivity index (χ2n) is 3.82. The highest BCUT2D eigenvalue weighted by Gasteiger charge is 2.33. The highest BCUT2D eigenvalue weighted by atomic mass is 16.2. The van der Waals surface area contributed by atoms with E-state index in [9.17, 15) is 4.79 Å². The molecule has 0 aromatic heterocycles. The largest absolute Gasteiger partial charge is 0.341 e. The Morgan fingerprint density at radius 2 is 2.00 bits per heavy atom. The summed E-state index contributed by atoms with van der Waals surface area (Å²) in [6.07, 6.45) is 3.44. The maximum Gasteiger partial charge on any atom is 0.239 e. The summed E-state index contributed by atoms with van der Waals surface area (Å²) < 4.78 is 0. The zero-order valence-corrected chi connectivity index (χ0v) is 7.62. The minimum absolute atomic E-state index is 0.199. The molecule has 2 aliphatic rings. The van der Waals surface area contributed by atoms with Gasteiger partial charge in [0.2, 0.25) is 5.91 Å². The summed E-state index contributed by atoms with van der Waals surface area (Å²) in [7, 11) is 2.05. The van der Waals surface area contributed by atoms with Gasteiger partial charge in [-0.2, -0.15) is 0 Å². The quantitative estimate of drug-likeness (QED) is 0.562. The Labute approximate surface area is 73.3 Å². The fourth-order valence-corrected chi connectivity index (χ4v) is 1.97. The zero-order chi connectivity index (χ0) is 8.55. The number of carbonyl (C=O) groups is 1. The summed E-state index contributed by atoms with van der Waals surface area (Å²) in [4.78, 5) is 15.9. The van der Waals surface area contributed by atoms with Gasteiger partial charge in [0, 0.05) is 13.1 Å². The van der Waals surface area contributed by atoms with Gasteiger partial charge in [-0.25, -0.2) is 0 Å². The summed E-state index contributed by atoms with van der Waals surface area (Å²) in [5, 5.41) is 0. The summed E-state index contributed by atoms with van der Waals surface area (Å²) in [5.74, 6) is 0.362. The Morgan fingerprint density at radius 3 is 2.42 bits per heavy atom. The van der Waals surface area contributed by atoms with Crippen LogP contribution < -0.4 is 0 Å².